The highest BCUT2D eigenvalue weighted by atomic mass is 16.4. The predicted octanol–water partition coefficient (Wildman–Crippen LogP) is 3.67. The normalized spacial score (nSPS) is 19.2. The lowest BCUT2D eigenvalue weighted by atomic mass is 9.79. The molecule has 2 heterocycles. The minimum Gasteiger partial charge on any atom is -0.424 e. The third-order valence-electron chi connectivity index (χ3n) is 5.50. The molecule has 0 spiro atoms. The standard InChI is InChI=1S/C20H30N4O/c1-16(19-22-21-17(2)25-19)23(4)15-20(3)10-12-24(13-11-20)14-18-8-6-5-7-9-18/h5-9,16H,10-15H2,1-4H3. The second-order valence-corrected chi connectivity index (χ2v) is 7.82. The average Bonchev–Trinajstić information content (AvgIpc) is 3.04. The van der Waals surface area contributed by atoms with E-state index in [1.54, 1.807) is 0 Å². The van der Waals surface area contributed by atoms with Crippen molar-refractivity contribution in [3.8, 4) is 0 Å². The summed E-state index contributed by atoms with van der Waals surface area (Å²) in [5.74, 6) is 1.35. The Labute approximate surface area is 151 Å². The van der Waals surface area contributed by atoms with E-state index in [0.717, 1.165) is 26.2 Å². The largest absolute Gasteiger partial charge is 0.424 e. The first-order chi connectivity index (χ1) is 12.0. The van der Waals surface area contributed by atoms with Crippen LogP contribution in [-0.2, 0) is 6.54 Å². The number of hydrogen-bond acceptors (Lipinski definition) is 5. The quantitative estimate of drug-likeness (QED) is 0.801. The van der Waals surface area contributed by atoms with Crippen LogP contribution >= 0.6 is 0 Å². The highest BCUT2D eigenvalue weighted by Crippen LogP contribution is 2.34. The maximum atomic E-state index is 5.60. The van der Waals surface area contributed by atoms with Gasteiger partial charge in [0.1, 0.15) is 0 Å². The zero-order valence-corrected chi connectivity index (χ0v) is 15.9. The molecule has 1 aromatic carbocycles. The minimum atomic E-state index is 0.153. The van der Waals surface area contributed by atoms with E-state index >= 15 is 0 Å². The number of piperidine rings is 1. The fourth-order valence-electron chi connectivity index (χ4n) is 3.66. The third kappa shape index (κ3) is 4.67. The van der Waals surface area contributed by atoms with Gasteiger partial charge in [0.2, 0.25) is 11.8 Å². The van der Waals surface area contributed by atoms with E-state index in [1.165, 1.54) is 18.4 Å². The van der Waals surface area contributed by atoms with Crippen molar-refractivity contribution in [2.45, 2.75) is 46.2 Å². The Balaban J connectivity index is 1.51. The number of rotatable bonds is 6. The summed E-state index contributed by atoms with van der Waals surface area (Å²) in [6.45, 7) is 10.8. The van der Waals surface area contributed by atoms with Crippen LogP contribution in [0.5, 0.6) is 0 Å². The van der Waals surface area contributed by atoms with E-state index in [2.05, 4.69) is 71.2 Å². The van der Waals surface area contributed by atoms with Crippen LogP contribution in [0.15, 0.2) is 34.7 Å². The van der Waals surface area contributed by atoms with Gasteiger partial charge < -0.3 is 4.42 Å². The molecule has 3 rings (SSSR count). The van der Waals surface area contributed by atoms with Crippen molar-refractivity contribution in [3.05, 3.63) is 47.7 Å². The molecule has 2 aromatic rings. The summed E-state index contributed by atoms with van der Waals surface area (Å²) in [5.41, 5.74) is 1.74. The van der Waals surface area contributed by atoms with Crippen molar-refractivity contribution in [2.75, 3.05) is 26.7 Å². The molecule has 1 aromatic heterocycles. The molecule has 136 valence electrons. The Bertz CT molecular complexity index is 661. The highest BCUT2D eigenvalue weighted by molar-refractivity contribution is 5.14. The molecular formula is C20H30N4O. The SMILES string of the molecule is Cc1nnc(C(C)N(C)CC2(C)CCN(Cc3ccccc3)CC2)o1. The number of nitrogens with zero attached hydrogens (tertiary/aromatic N) is 4. The molecule has 5 nitrogen and oxygen atoms in total. The Morgan fingerprint density at radius 3 is 2.48 bits per heavy atom. The molecule has 0 saturated carbocycles. The molecule has 1 aliphatic rings. The average molecular weight is 342 g/mol. The molecule has 0 N–H and O–H groups in total. The van der Waals surface area contributed by atoms with Crippen molar-refractivity contribution in [3.63, 3.8) is 0 Å². The number of hydrogen-bond donors (Lipinski definition) is 0. The van der Waals surface area contributed by atoms with Crippen molar-refractivity contribution in [2.24, 2.45) is 5.41 Å². The molecule has 1 unspecified atom stereocenters. The first kappa shape index (κ1) is 18.1. The molecule has 0 radical (unpaired) electrons. The number of aryl methyl sites for hydroxylation is 1. The summed E-state index contributed by atoms with van der Waals surface area (Å²) >= 11 is 0. The van der Waals surface area contributed by atoms with Crippen LogP contribution in [0.25, 0.3) is 0 Å². The van der Waals surface area contributed by atoms with Gasteiger partial charge in [-0.05, 0) is 50.9 Å². The zero-order valence-electron chi connectivity index (χ0n) is 15.9. The van der Waals surface area contributed by atoms with Crippen LogP contribution in [0.3, 0.4) is 0 Å². The number of likely N-dealkylation sites (tertiary alicyclic amines) is 1. The topological polar surface area (TPSA) is 45.4 Å². The van der Waals surface area contributed by atoms with Crippen LogP contribution in [-0.4, -0.2) is 46.7 Å². The molecule has 5 heteroatoms. The Morgan fingerprint density at radius 2 is 1.88 bits per heavy atom. The van der Waals surface area contributed by atoms with Gasteiger partial charge in [0.05, 0.1) is 6.04 Å². The summed E-state index contributed by atoms with van der Waals surface area (Å²) in [6, 6.07) is 10.9. The second-order valence-electron chi connectivity index (χ2n) is 7.82. The lowest BCUT2D eigenvalue weighted by Crippen LogP contribution is -2.44. The molecule has 0 amide bonds. The second kappa shape index (κ2) is 7.67. The molecule has 0 bridgehead atoms. The van der Waals surface area contributed by atoms with Gasteiger partial charge in [0.25, 0.3) is 0 Å². The number of aromatic nitrogens is 2. The Hall–Kier alpha value is -1.72. The van der Waals surface area contributed by atoms with Gasteiger partial charge in [-0.1, -0.05) is 37.3 Å². The predicted molar refractivity (Wildman–Crippen MR) is 99.1 cm³/mol. The fraction of sp³-hybridized carbons (Fsp3) is 0.600. The smallest absolute Gasteiger partial charge is 0.233 e. The van der Waals surface area contributed by atoms with Crippen LogP contribution in [0.4, 0.5) is 0 Å². The molecular weight excluding hydrogens is 312 g/mol. The lowest BCUT2D eigenvalue weighted by molar-refractivity contribution is 0.0637. The van der Waals surface area contributed by atoms with Crippen LogP contribution in [0.1, 0.15) is 50.1 Å². The molecule has 1 saturated heterocycles. The van der Waals surface area contributed by atoms with Crippen LogP contribution in [0.2, 0.25) is 0 Å². The summed E-state index contributed by atoms with van der Waals surface area (Å²) in [5, 5.41) is 8.13. The van der Waals surface area contributed by atoms with E-state index < -0.39 is 0 Å². The van der Waals surface area contributed by atoms with E-state index in [9.17, 15) is 0 Å². The molecule has 25 heavy (non-hydrogen) atoms. The summed E-state index contributed by atoms with van der Waals surface area (Å²) in [4.78, 5) is 4.92. The summed E-state index contributed by atoms with van der Waals surface area (Å²) in [6.07, 6.45) is 2.44. The van der Waals surface area contributed by atoms with Gasteiger partial charge in [-0.25, -0.2) is 0 Å². The van der Waals surface area contributed by atoms with E-state index in [1.807, 2.05) is 6.92 Å². The van der Waals surface area contributed by atoms with Crippen LogP contribution < -0.4 is 0 Å². The van der Waals surface area contributed by atoms with Crippen molar-refractivity contribution in [1.29, 1.82) is 0 Å². The highest BCUT2D eigenvalue weighted by Gasteiger charge is 2.33. The molecule has 1 fully saturated rings. The van der Waals surface area contributed by atoms with Gasteiger partial charge in [0.15, 0.2) is 0 Å². The van der Waals surface area contributed by atoms with E-state index in [0.29, 0.717) is 17.2 Å². The fourth-order valence-corrected chi connectivity index (χ4v) is 3.66. The van der Waals surface area contributed by atoms with Crippen molar-refractivity contribution >= 4 is 0 Å². The number of benzene rings is 1. The van der Waals surface area contributed by atoms with Crippen molar-refractivity contribution < 1.29 is 4.42 Å². The van der Waals surface area contributed by atoms with E-state index in [4.69, 9.17) is 4.42 Å². The zero-order chi connectivity index (χ0) is 17.9. The van der Waals surface area contributed by atoms with Gasteiger partial charge in [-0.15, -0.1) is 10.2 Å². The Kier molecular flexibility index (Phi) is 5.54. The van der Waals surface area contributed by atoms with Crippen LogP contribution in [0, 0.1) is 12.3 Å². The first-order valence-corrected chi connectivity index (χ1v) is 9.22. The van der Waals surface area contributed by atoms with Gasteiger partial charge in [0, 0.05) is 20.0 Å². The van der Waals surface area contributed by atoms with Crippen molar-refractivity contribution in [1.82, 2.24) is 20.0 Å². The summed E-state index contributed by atoms with van der Waals surface area (Å²) in [7, 11) is 2.16. The van der Waals surface area contributed by atoms with Gasteiger partial charge in [-0.3, -0.25) is 9.80 Å². The lowest BCUT2D eigenvalue weighted by Gasteiger charge is -2.42. The van der Waals surface area contributed by atoms with Gasteiger partial charge >= 0.3 is 0 Å². The Morgan fingerprint density at radius 1 is 1.20 bits per heavy atom. The van der Waals surface area contributed by atoms with Gasteiger partial charge in [-0.2, -0.15) is 0 Å². The molecule has 1 atom stereocenters. The monoisotopic (exact) mass is 342 g/mol. The molecule has 0 aliphatic carbocycles. The summed E-state index contributed by atoms with van der Waals surface area (Å²) < 4.78 is 5.60. The van der Waals surface area contributed by atoms with E-state index in [-0.39, 0.29) is 6.04 Å². The third-order valence-corrected chi connectivity index (χ3v) is 5.50. The first-order valence-electron chi connectivity index (χ1n) is 9.22. The molecule has 1 aliphatic heterocycles. The maximum Gasteiger partial charge on any atom is 0.233 e. The maximum absolute atomic E-state index is 5.60. The minimum absolute atomic E-state index is 0.153.